The van der Waals surface area contributed by atoms with E-state index in [-0.39, 0.29) is 17.6 Å². The van der Waals surface area contributed by atoms with Crippen LogP contribution in [0.1, 0.15) is 40.5 Å². The van der Waals surface area contributed by atoms with Crippen LogP contribution in [-0.2, 0) is 4.74 Å². The van der Waals surface area contributed by atoms with Gasteiger partial charge in [-0.15, -0.1) is 5.10 Å². The van der Waals surface area contributed by atoms with E-state index in [4.69, 9.17) is 10.5 Å². The van der Waals surface area contributed by atoms with Gasteiger partial charge in [0.15, 0.2) is 5.65 Å². The van der Waals surface area contributed by atoms with Crippen LogP contribution in [0.2, 0.25) is 0 Å². The average Bonchev–Trinajstić information content (AvgIpc) is 3.23. The number of nitrogens with two attached hydrogens (primary N) is 1. The molecule has 8 nitrogen and oxygen atoms in total. The molecule has 3 heterocycles. The van der Waals surface area contributed by atoms with Crippen molar-refractivity contribution in [3.05, 3.63) is 53.9 Å². The van der Waals surface area contributed by atoms with Crippen molar-refractivity contribution in [2.24, 2.45) is 5.73 Å². The summed E-state index contributed by atoms with van der Waals surface area (Å²) >= 11 is 0. The fourth-order valence-electron chi connectivity index (χ4n) is 3.70. The van der Waals surface area contributed by atoms with E-state index in [0.717, 1.165) is 24.1 Å². The Balaban J connectivity index is 1.54. The number of piperidine rings is 1. The molecule has 1 fully saturated rings. The molecular formula is C21H22N5O3. The van der Waals surface area contributed by atoms with Gasteiger partial charge < -0.3 is 15.4 Å². The summed E-state index contributed by atoms with van der Waals surface area (Å²) in [5.41, 5.74) is 8.24. The first-order valence-corrected chi connectivity index (χ1v) is 9.65. The highest BCUT2D eigenvalue weighted by Gasteiger charge is 2.24. The quantitative estimate of drug-likeness (QED) is 0.715. The molecule has 1 aliphatic heterocycles. The zero-order chi connectivity index (χ0) is 20.4. The lowest BCUT2D eigenvalue weighted by Gasteiger charge is -2.31. The molecule has 2 aromatic heterocycles. The Morgan fingerprint density at radius 2 is 1.90 bits per heavy atom. The Bertz CT molecular complexity index is 1040. The van der Waals surface area contributed by atoms with Crippen LogP contribution in [0.4, 0.5) is 0 Å². The number of hydrogen-bond donors (Lipinski definition) is 1. The van der Waals surface area contributed by atoms with E-state index in [9.17, 15) is 9.59 Å². The predicted molar refractivity (Wildman–Crippen MR) is 106 cm³/mol. The van der Waals surface area contributed by atoms with E-state index >= 15 is 0 Å². The molecule has 2 N–H and O–H groups in total. The third-order valence-corrected chi connectivity index (χ3v) is 5.20. The van der Waals surface area contributed by atoms with E-state index in [1.165, 1.54) is 4.52 Å². The predicted octanol–water partition coefficient (Wildman–Crippen LogP) is 1.94. The zero-order valence-corrected chi connectivity index (χ0v) is 16.2. The molecule has 2 amide bonds. The number of pyridine rings is 1. The molecule has 8 heteroatoms. The van der Waals surface area contributed by atoms with E-state index in [1.807, 2.05) is 24.0 Å². The summed E-state index contributed by atoms with van der Waals surface area (Å²) in [5, 5.41) is 4.08. The van der Waals surface area contributed by atoms with Crippen LogP contribution in [0.3, 0.4) is 0 Å². The Morgan fingerprint density at radius 1 is 1.17 bits per heavy atom. The van der Waals surface area contributed by atoms with Crippen molar-refractivity contribution in [2.75, 3.05) is 19.7 Å². The second kappa shape index (κ2) is 8.00. The maximum atomic E-state index is 12.8. The van der Waals surface area contributed by atoms with Crippen LogP contribution in [0.25, 0.3) is 16.9 Å². The second-order valence-corrected chi connectivity index (χ2v) is 6.97. The Hall–Kier alpha value is -3.26. The monoisotopic (exact) mass is 392 g/mol. The summed E-state index contributed by atoms with van der Waals surface area (Å²) in [5.74, 6) is -0.549. The van der Waals surface area contributed by atoms with Crippen molar-refractivity contribution in [1.82, 2.24) is 19.5 Å². The molecule has 149 valence electrons. The van der Waals surface area contributed by atoms with Gasteiger partial charge in [0.25, 0.3) is 11.8 Å². The molecule has 0 bridgehead atoms. The van der Waals surface area contributed by atoms with Crippen LogP contribution in [0, 0.1) is 6.33 Å². The number of ether oxygens (including phenoxy) is 1. The van der Waals surface area contributed by atoms with Gasteiger partial charge in [-0.1, -0.05) is 12.1 Å². The molecule has 1 radical (unpaired) electrons. The fraction of sp³-hybridized carbons (Fsp3) is 0.333. The van der Waals surface area contributed by atoms with E-state index < -0.39 is 5.91 Å². The molecule has 0 spiro atoms. The van der Waals surface area contributed by atoms with E-state index in [0.29, 0.717) is 30.9 Å². The Morgan fingerprint density at radius 3 is 2.55 bits per heavy atom. The second-order valence-electron chi connectivity index (χ2n) is 6.97. The first kappa shape index (κ1) is 19.1. The number of rotatable bonds is 5. The fourth-order valence-corrected chi connectivity index (χ4v) is 3.70. The number of likely N-dealkylation sites (tertiary alicyclic amines) is 1. The molecular weight excluding hydrogens is 370 g/mol. The number of primary amides is 1. The topological polar surface area (TPSA) is 103 Å². The molecule has 0 aliphatic carbocycles. The molecule has 1 aromatic carbocycles. The van der Waals surface area contributed by atoms with Gasteiger partial charge in [0.05, 0.1) is 17.4 Å². The number of aromatic nitrogens is 3. The summed E-state index contributed by atoms with van der Waals surface area (Å²) in [7, 11) is 0. The lowest BCUT2D eigenvalue weighted by atomic mass is 10.0. The van der Waals surface area contributed by atoms with Crippen molar-refractivity contribution in [1.29, 1.82) is 0 Å². The van der Waals surface area contributed by atoms with Crippen molar-refractivity contribution in [3.8, 4) is 11.3 Å². The van der Waals surface area contributed by atoms with Gasteiger partial charge in [-0.05, 0) is 44.0 Å². The molecule has 1 saturated heterocycles. The number of fused-ring (bicyclic) bond motifs is 1. The molecule has 1 aliphatic rings. The number of nitrogens with zero attached hydrogens (tertiary/aromatic N) is 4. The van der Waals surface area contributed by atoms with Crippen molar-refractivity contribution < 1.29 is 14.3 Å². The van der Waals surface area contributed by atoms with Crippen LogP contribution < -0.4 is 5.73 Å². The van der Waals surface area contributed by atoms with Gasteiger partial charge in [0, 0.05) is 30.8 Å². The molecule has 3 aromatic rings. The van der Waals surface area contributed by atoms with Crippen molar-refractivity contribution in [3.63, 3.8) is 0 Å². The summed E-state index contributed by atoms with van der Waals surface area (Å²) in [6.45, 7) is 4.10. The van der Waals surface area contributed by atoms with Crippen molar-refractivity contribution >= 4 is 17.5 Å². The highest BCUT2D eigenvalue weighted by atomic mass is 16.5. The lowest BCUT2D eigenvalue weighted by molar-refractivity contribution is 0.0146. The maximum absolute atomic E-state index is 12.8. The van der Waals surface area contributed by atoms with Crippen LogP contribution in [0.15, 0.2) is 36.4 Å². The minimum atomic E-state index is -0.572. The SMILES string of the molecule is CCOC1CCN(C(=O)c2ccc(-c3ccc(C(N)=O)c4n[c]nn34)cc2)CC1. The van der Waals surface area contributed by atoms with Gasteiger partial charge in [-0.3, -0.25) is 9.59 Å². The summed E-state index contributed by atoms with van der Waals surface area (Å²) in [6, 6.07) is 10.7. The standard InChI is InChI=1S/C21H22N5O3/c1-2-29-16-9-11-25(12-10-16)21(28)15-5-3-14(4-6-15)18-8-7-17(19(22)27)20-23-13-24-26(18)20/h3-8,16H,2,9-12H2,1H3,(H2,22,27). The summed E-state index contributed by atoms with van der Waals surface area (Å²) in [4.78, 5) is 30.2. The van der Waals surface area contributed by atoms with Gasteiger partial charge >= 0.3 is 0 Å². The van der Waals surface area contributed by atoms with Gasteiger partial charge in [-0.25, -0.2) is 9.50 Å². The van der Waals surface area contributed by atoms with Crippen molar-refractivity contribution in [2.45, 2.75) is 25.9 Å². The number of hydrogen-bond acceptors (Lipinski definition) is 5. The zero-order valence-electron chi connectivity index (χ0n) is 16.2. The smallest absolute Gasteiger partial charge is 0.253 e. The molecule has 29 heavy (non-hydrogen) atoms. The van der Waals surface area contributed by atoms with E-state index in [2.05, 4.69) is 16.4 Å². The summed E-state index contributed by atoms with van der Waals surface area (Å²) < 4.78 is 7.17. The molecule has 0 unspecified atom stereocenters. The number of amides is 2. The lowest BCUT2D eigenvalue weighted by Crippen LogP contribution is -2.40. The van der Waals surface area contributed by atoms with Gasteiger partial charge in [0.2, 0.25) is 6.33 Å². The molecule has 4 rings (SSSR count). The normalized spacial score (nSPS) is 15.0. The molecule has 0 saturated carbocycles. The van der Waals surface area contributed by atoms with Crippen LogP contribution in [0.5, 0.6) is 0 Å². The number of carbonyl (C=O) groups is 2. The highest BCUT2D eigenvalue weighted by molar-refractivity contribution is 5.99. The minimum absolute atomic E-state index is 0.0230. The molecule has 0 atom stereocenters. The number of benzene rings is 1. The van der Waals surface area contributed by atoms with Gasteiger partial charge in [0.1, 0.15) is 0 Å². The average molecular weight is 392 g/mol. The maximum Gasteiger partial charge on any atom is 0.253 e. The Labute approximate surface area is 168 Å². The van der Waals surface area contributed by atoms with Gasteiger partial charge in [-0.2, -0.15) is 0 Å². The van der Waals surface area contributed by atoms with Crippen LogP contribution >= 0.6 is 0 Å². The van der Waals surface area contributed by atoms with E-state index in [1.54, 1.807) is 24.3 Å². The number of carbonyl (C=O) groups excluding carboxylic acids is 2. The minimum Gasteiger partial charge on any atom is -0.378 e. The third kappa shape index (κ3) is 3.71. The highest BCUT2D eigenvalue weighted by Crippen LogP contribution is 2.23. The third-order valence-electron chi connectivity index (χ3n) is 5.20. The Kier molecular flexibility index (Phi) is 5.26. The first-order valence-electron chi connectivity index (χ1n) is 9.65. The first-order chi connectivity index (χ1) is 14.1. The largest absolute Gasteiger partial charge is 0.378 e. The summed E-state index contributed by atoms with van der Waals surface area (Å²) in [6.07, 6.45) is 4.49. The van der Waals surface area contributed by atoms with Crippen LogP contribution in [-0.4, -0.2) is 57.1 Å².